The molecule has 0 nitrogen and oxygen atoms in total. The fourth-order valence-electron chi connectivity index (χ4n) is 3.20. The van der Waals surface area contributed by atoms with Gasteiger partial charge in [0.1, 0.15) is 11.6 Å². The Hall–Kier alpha value is -0.440. The molecule has 106 valence electrons. The molecule has 19 heavy (non-hydrogen) atoms. The molecule has 3 heteroatoms. The summed E-state index contributed by atoms with van der Waals surface area (Å²) < 4.78 is 27.4. The van der Waals surface area contributed by atoms with Crippen LogP contribution < -0.4 is 0 Å². The Morgan fingerprint density at radius 2 is 1.89 bits per heavy atom. The van der Waals surface area contributed by atoms with Crippen molar-refractivity contribution in [2.24, 2.45) is 11.8 Å². The van der Waals surface area contributed by atoms with E-state index < -0.39 is 11.6 Å². The highest BCUT2D eigenvalue weighted by Crippen LogP contribution is 2.38. The van der Waals surface area contributed by atoms with Crippen molar-refractivity contribution in [2.45, 2.75) is 50.3 Å². The molecule has 1 aromatic rings. The summed E-state index contributed by atoms with van der Waals surface area (Å²) in [6.07, 6.45) is 6.37. The largest absolute Gasteiger partial charge is 0.207 e. The zero-order valence-electron chi connectivity index (χ0n) is 11.3. The van der Waals surface area contributed by atoms with E-state index in [2.05, 4.69) is 22.9 Å². The number of alkyl halides is 1. The van der Waals surface area contributed by atoms with E-state index in [1.54, 1.807) is 0 Å². The Labute approximate surface area is 122 Å². The Kier molecular flexibility index (Phi) is 5.37. The minimum atomic E-state index is -0.405. The van der Waals surface area contributed by atoms with Crippen LogP contribution in [0.15, 0.2) is 18.2 Å². The van der Waals surface area contributed by atoms with Crippen molar-refractivity contribution >= 4 is 15.9 Å². The summed E-state index contributed by atoms with van der Waals surface area (Å²) in [6.45, 7) is 2.20. The van der Waals surface area contributed by atoms with E-state index in [1.807, 2.05) is 0 Å². The van der Waals surface area contributed by atoms with Gasteiger partial charge < -0.3 is 0 Å². The van der Waals surface area contributed by atoms with Crippen LogP contribution >= 0.6 is 15.9 Å². The van der Waals surface area contributed by atoms with Gasteiger partial charge in [0.25, 0.3) is 0 Å². The van der Waals surface area contributed by atoms with Crippen LogP contribution in [0.5, 0.6) is 0 Å². The van der Waals surface area contributed by atoms with Gasteiger partial charge in [-0.1, -0.05) is 41.8 Å². The summed E-state index contributed by atoms with van der Waals surface area (Å²) >= 11 is 3.70. The molecular formula is C16H21BrF2. The highest BCUT2D eigenvalue weighted by atomic mass is 79.9. The van der Waals surface area contributed by atoms with Gasteiger partial charge in [0.2, 0.25) is 0 Å². The minimum Gasteiger partial charge on any atom is -0.207 e. The first-order valence-corrected chi connectivity index (χ1v) is 8.10. The minimum absolute atomic E-state index is 0.258. The third-order valence-corrected chi connectivity index (χ3v) is 5.43. The fourth-order valence-corrected chi connectivity index (χ4v) is 3.86. The zero-order chi connectivity index (χ0) is 13.8. The van der Waals surface area contributed by atoms with Gasteiger partial charge in [-0.3, -0.25) is 0 Å². The van der Waals surface area contributed by atoms with E-state index in [-0.39, 0.29) is 5.56 Å². The molecule has 0 radical (unpaired) electrons. The molecule has 2 rings (SSSR count). The van der Waals surface area contributed by atoms with Crippen LogP contribution in [0.3, 0.4) is 0 Å². The van der Waals surface area contributed by atoms with Gasteiger partial charge >= 0.3 is 0 Å². The summed E-state index contributed by atoms with van der Waals surface area (Å²) in [4.78, 5) is 0.389. The molecule has 0 heterocycles. The number of rotatable bonds is 4. The molecule has 3 unspecified atom stereocenters. The second-order valence-electron chi connectivity index (χ2n) is 5.65. The van der Waals surface area contributed by atoms with Gasteiger partial charge in [-0.25, -0.2) is 8.78 Å². The standard InChI is InChI=1S/C16H21BrF2/c1-2-4-11-7-8-14(17)12(9-11)10-13-15(18)5-3-6-16(13)19/h3,5-6,11-12,14H,2,4,7-10H2,1H3. The van der Waals surface area contributed by atoms with E-state index in [1.165, 1.54) is 37.5 Å². The highest BCUT2D eigenvalue weighted by Gasteiger charge is 2.29. The van der Waals surface area contributed by atoms with Crippen LogP contribution in [0, 0.1) is 23.5 Å². The summed E-state index contributed by atoms with van der Waals surface area (Å²) in [6, 6.07) is 4.14. The van der Waals surface area contributed by atoms with Crippen molar-refractivity contribution in [3.8, 4) is 0 Å². The molecule has 1 aliphatic carbocycles. The van der Waals surface area contributed by atoms with E-state index in [9.17, 15) is 8.78 Å². The van der Waals surface area contributed by atoms with E-state index in [0.29, 0.717) is 17.2 Å². The summed E-state index contributed by atoms with van der Waals surface area (Å²) in [5.74, 6) is 0.255. The van der Waals surface area contributed by atoms with Crippen LogP contribution in [0.2, 0.25) is 0 Å². The third kappa shape index (κ3) is 3.77. The van der Waals surface area contributed by atoms with Gasteiger partial charge in [-0.2, -0.15) is 0 Å². The SMILES string of the molecule is CCCC1CCC(Br)C(Cc2c(F)cccc2F)C1. The maximum absolute atomic E-state index is 13.7. The lowest BCUT2D eigenvalue weighted by Gasteiger charge is -2.33. The Balaban J connectivity index is 2.08. The molecule has 1 aromatic carbocycles. The normalized spacial score (nSPS) is 27.5. The molecule has 0 amide bonds. The lowest BCUT2D eigenvalue weighted by molar-refractivity contribution is 0.260. The predicted molar refractivity (Wildman–Crippen MR) is 78.5 cm³/mol. The van der Waals surface area contributed by atoms with Crippen LogP contribution in [0.4, 0.5) is 8.78 Å². The molecule has 1 aliphatic rings. The molecule has 0 N–H and O–H groups in total. The first kappa shape index (κ1) is 15.0. The Morgan fingerprint density at radius 1 is 1.21 bits per heavy atom. The third-order valence-electron chi connectivity index (χ3n) is 4.22. The van der Waals surface area contributed by atoms with Gasteiger partial charge in [0.15, 0.2) is 0 Å². The second-order valence-corrected chi connectivity index (χ2v) is 6.82. The van der Waals surface area contributed by atoms with Crippen molar-refractivity contribution in [3.05, 3.63) is 35.4 Å². The first-order valence-electron chi connectivity index (χ1n) is 7.18. The van der Waals surface area contributed by atoms with Gasteiger partial charge in [0.05, 0.1) is 0 Å². The molecule has 0 saturated heterocycles. The van der Waals surface area contributed by atoms with Gasteiger partial charge in [-0.05, 0) is 49.7 Å². The van der Waals surface area contributed by atoms with Crippen LogP contribution in [0.25, 0.3) is 0 Å². The van der Waals surface area contributed by atoms with Crippen molar-refractivity contribution < 1.29 is 8.78 Å². The maximum Gasteiger partial charge on any atom is 0.129 e. The molecular weight excluding hydrogens is 310 g/mol. The van der Waals surface area contributed by atoms with Gasteiger partial charge in [-0.15, -0.1) is 0 Å². The molecule has 1 saturated carbocycles. The molecule has 0 spiro atoms. The maximum atomic E-state index is 13.7. The lowest BCUT2D eigenvalue weighted by atomic mass is 9.77. The zero-order valence-corrected chi connectivity index (χ0v) is 12.9. The Bertz CT molecular complexity index is 399. The second kappa shape index (κ2) is 6.83. The number of hydrogen-bond donors (Lipinski definition) is 0. The van der Waals surface area contributed by atoms with Crippen molar-refractivity contribution in [1.82, 2.24) is 0 Å². The number of benzene rings is 1. The van der Waals surface area contributed by atoms with Crippen molar-refractivity contribution in [1.29, 1.82) is 0 Å². The summed E-state index contributed by atoms with van der Waals surface area (Å²) in [5, 5.41) is 0. The molecule has 0 bridgehead atoms. The number of halogens is 3. The predicted octanol–water partition coefficient (Wildman–Crippen LogP) is 5.49. The quantitative estimate of drug-likeness (QED) is 0.640. The van der Waals surface area contributed by atoms with E-state index in [4.69, 9.17) is 0 Å². The van der Waals surface area contributed by atoms with E-state index >= 15 is 0 Å². The monoisotopic (exact) mass is 330 g/mol. The smallest absolute Gasteiger partial charge is 0.129 e. The van der Waals surface area contributed by atoms with Crippen LogP contribution in [-0.2, 0) is 6.42 Å². The van der Waals surface area contributed by atoms with Crippen molar-refractivity contribution in [3.63, 3.8) is 0 Å². The van der Waals surface area contributed by atoms with E-state index in [0.717, 1.165) is 18.8 Å². The van der Waals surface area contributed by atoms with Crippen LogP contribution in [0.1, 0.15) is 44.6 Å². The topological polar surface area (TPSA) is 0 Å². The van der Waals surface area contributed by atoms with Gasteiger partial charge in [0, 0.05) is 10.4 Å². The average molecular weight is 331 g/mol. The average Bonchev–Trinajstić information content (AvgIpc) is 2.38. The Morgan fingerprint density at radius 3 is 2.53 bits per heavy atom. The fraction of sp³-hybridized carbons (Fsp3) is 0.625. The van der Waals surface area contributed by atoms with Crippen LogP contribution in [-0.4, -0.2) is 4.83 Å². The molecule has 0 aliphatic heterocycles. The summed E-state index contributed by atoms with van der Waals surface area (Å²) in [7, 11) is 0. The molecule has 0 aromatic heterocycles. The highest BCUT2D eigenvalue weighted by molar-refractivity contribution is 9.09. The van der Waals surface area contributed by atoms with Crippen molar-refractivity contribution in [2.75, 3.05) is 0 Å². The molecule has 1 fully saturated rings. The summed E-state index contributed by atoms with van der Waals surface area (Å²) in [5.41, 5.74) is 0.258. The first-order chi connectivity index (χ1) is 9.11. The number of hydrogen-bond acceptors (Lipinski definition) is 0. The lowest BCUT2D eigenvalue weighted by Crippen LogP contribution is -2.27. The molecule has 3 atom stereocenters.